The highest BCUT2D eigenvalue weighted by Gasteiger charge is 2.47. The number of carbonyl (C=O) groups is 2. The molecule has 4 heteroatoms. The summed E-state index contributed by atoms with van der Waals surface area (Å²) in [5, 5.41) is 20.8. The molecule has 4 nitrogen and oxygen atoms in total. The lowest BCUT2D eigenvalue weighted by molar-refractivity contribution is -0.133. The molecule has 0 aromatic heterocycles. The second kappa shape index (κ2) is 6.50. The lowest BCUT2D eigenvalue weighted by Crippen LogP contribution is -2.47. The maximum Gasteiger partial charge on any atom is 0.159 e. The lowest BCUT2D eigenvalue weighted by atomic mass is 9.66. The van der Waals surface area contributed by atoms with E-state index < -0.39 is 17.4 Å². The van der Waals surface area contributed by atoms with E-state index in [1.54, 1.807) is 12.2 Å². The Morgan fingerprint density at radius 2 is 1.83 bits per heavy atom. The second-order valence-corrected chi connectivity index (χ2v) is 6.33. The van der Waals surface area contributed by atoms with E-state index in [-0.39, 0.29) is 29.3 Å². The third-order valence-electron chi connectivity index (χ3n) is 4.31. The topological polar surface area (TPSA) is 74.6 Å². The van der Waals surface area contributed by atoms with Crippen molar-refractivity contribution in [2.45, 2.75) is 32.8 Å². The van der Waals surface area contributed by atoms with Crippen LogP contribution in [0.4, 0.5) is 0 Å². The molecule has 1 aromatic carbocycles. The number of benzene rings is 1. The van der Waals surface area contributed by atoms with Crippen LogP contribution >= 0.6 is 0 Å². The van der Waals surface area contributed by atoms with Crippen LogP contribution in [0.15, 0.2) is 47.7 Å². The molecule has 0 unspecified atom stereocenters. The zero-order valence-electron chi connectivity index (χ0n) is 13.6. The Hall–Kier alpha value is -2.20. The molecule has 0 aliphatic heterocycles. The van der Waals surface area contributed by atoms with Gasteiger partial charge in [-0.3, -0.25) is 9.59 Å². The standard InChI is InChI=1S/C19H22O4/c1-12(20)17-15(10-9-14-7-5-4-6-8-14)18(13(2)21)19(3,23)11-16(17)22/h4-10,15,18,22-23H,11H2,1-3H3/t15-,18-,19-/m0/s1. The first-order valence-electron chi connectivity index (χ1n) is 7.63. The third-order valence-corrected chi connectivity index (χ3v) is 4.31. The monoisotopic (exact) mass is 314 g/mol. The molecule has 0 saturated carbocycles. The maximum atomic E-state index is 12.1. The minimum absolute atomic E-state index is 0.0954. The van der Waals surface area contributed by atoms with Crippen LogP contribution in [-0.2, 0) is 9.59 Å². The molecule has 1 aromatic rings. The van der Waals surface area contributed by atoms with Crippen LogP contribution in [0.1, 0.15) is 32.8 Å². The van der Waals surface area contributed by atoms with Crippen LogP contribution in [0, 0.1) is 11.8 Å². The van der Waals surface area contributed by atoms with Crippen LogP contribution in [-0.4, -0.2) is 27.4 Å². The van der Waals surface area contributed by atoms with E-state index >= 15 is 0 Å². The summed E-state index contributed by atoms with van der Waals surface area (Å²) >= 11 is 0. The first kappa shape index (κ1) is 17.2. The van der Waals surface area contributed by atoms with E-state index in [1.807, 2.05) is 30.3 Å². The summed E-state index contributed by atoms with van der Waals surface area (Å²) in [4.78, 5) is 24.1. The number of hydrogen-bond donors (Lipinski definition) is 2. The Morgan fingerprint density at radius 3 is 2.35 bits per heavy atom. The van der Waals surface area contributed by atoms with Gasteiger partial charge >= 0.3 is 0 Å². The third kappa shape index (κ3) is 3.59. The fraction of sp³-hybridized carbons (Fsp3) is 0.368. The van der Waals surface area contributed by atoms with Crippen LogP contribution < -0.4 is 0 Å². The SMILES string of the molecule is CC(=O)C1=C(O)C[C@](C)(O)[C@@H](C(C)=O)[C@H]1C=Cc1ccccc1. The Labute approximate surface area is 136 Å². The maximum absolute atomic E-state index is 12.1. The van der Waals surface area contributed by atoms with Gasteiger partial charge in [0.1, 0.15) is 11.5 Å². The van der Waals surface area contributed by atoms with Gasteiger partial charge in [0.25, 0.3) is 0 Å². The number of Topliss-reactive ketones (excluding diaryl/α,β-unsaturated/α-hetero) is 2. The van der Waals surface area contributed by atoms with Gasteiger partial charge < -0.3 is 10.2 Å². The molecule has 0 bridgehead atoms. The van der Waals surface area contributed by atoms with Gasteiger partial charge in [0.05, 0.1) is 11.5 Å². The van der Waals surface area contributed by atoms with Crippen LogP contribution in [0.2, 0.25) is 0 Å². The number of rotatable bonds is 4. The molecule has 122 valence electrons. The summed E-state index contributed by atoms with van der Waals surface area (Å²) in [7, 11) is 0. The predicted octanol–water partition coefficient (Wildman–Crippen LogP) is 3.08. The highest BCUT2D eigenvalue weighted by atomic mass is 16.3. The van der Waals surface area contributed by atoms with Gasteiger partial charge in [-0.05, 0) is 26.3 Å². The van der Waals surface area contributed by atoms with Crippen LogP contribution in [0.25, 0.3) is 6.08 Å². The average Bonchev–Trinajstić information content (AvgIpc) is 2.43. The summed E-state index contributed by atoms with van der Waals surface area (Å²) in [6.45, 7) is 4.30. The summed E-state index contributed by atoms with van der Waals surface area (Å²) in [6, 6.07) is 9.47. The number of ketones is 2. The highest BCUT2D eigenvalue weighted by molar-refractivity contribution is 5.97. The van der Waals surface area contributed by atoms with Gasteiger partial charge in [0, 0.05) is 17.9 Å². The van der Waals surface area contributed by atoms with E-state index in [2.05, 4.69) is 0 Å². The minimum atomic E-state index is -1.39. The van der Waals surface area contributed by atoms with Gasteiger partial charge in [-0.15, -0.1) is 0 Å². The quantitative estimate of drug-likeness (QED) is 0.895. The number of carbonyl (C=O) groups excluding carboxylic acids is 2. The molecule has 0 spiro atoms. The van der Waals surface area contributed by atoms with E-state index in [0.29, 0.717) is 0 Å². The molecule has 0 fully saturated rings. The Kier molecular flexibility index (Phi) is 4.85. The van der Waals surface area contributed by atoms with Crippen molar-refractivity contribution in [1.82, 2.24) is 0 Å². The smallest absolute Gasteiger partial charge is 0.159 e. The number of hydrogen-bond acceptors (Lipinski definition) is 4. The van der Waals surface area contributed by atoms with Crippen molar-refractivity contribution in [1.29, 1.82) is 0 Å². The predicted molar refractivity (Wildman–Crippen MR) is 88.7 cm³/mol. The van der Waals surface area contributed by atoms with Gasteiger partial charge in [0.2, 0.25) is 0 Å². The summed E-state index contributed by atoms with van der Waals surface area (Å²) in [5.74, 6) is -2.04. The molecule has 2 rings (SSSR count). The summed E-state index contributed by atoms with van der Waals surface area (Å²) in [5.41, 5.74) is -0.257. The van der Waals surface area contributed by atoms with Crippen molar-refractivity contribution in [2.75, 3.05) is 0 Å². The fourth-order valence-electron chi connectivity index (χ4n) is 3.40. The first-order chi connectivity index (χ1) is 10.7. The average molecular weight is 314 g/mol. The largest absolute Gasteiger partial charge is 0.512 e. The molecule has 0 saturated heterocycles. The number of aliphatic hydroxyl groups is 2. The zero-order chi connectivity index (χ0) is 17.2. The minimum Gasteiger partial charge on any atom is -0.512 e. The Balaban J connectivity index is 2.51. The van der Waals surface area contributed by atoms with Gasteiger partial charge in [-0.25, -0.2) is 0 Å². The Morgan fingerprint density at radius 1 is 1.22 bits per heavy atom. The molecular weight excluding hydrogens is 292 g/mol. The van der Waals surface area contributed by atoms with E-state index in [0.717, 1.165) is 5.56 Å². The molecule has 0 amide bonds. The van der Waals surface area contributed by atoms with Crippen LogP contribution in [0.3, 0.4) is 0 Å². The summed E-state index contributed by atoms with van der Waals surface area (Å²) in [6.07, 6.45) is 3.43. The lowest BCUT2D eigenvalue weighted by Gasteiger charge is -2.40. The number of allylic oxidation sites excluding steroid dienone is 2. The Bertz CT molecular complexity index is 668. The molecule has 2 N–H and O–H groups in total. The molecule has 23 heavy (non-hydrogen) atoms. The molecule has 3 atom stereocenters. The van der Waals surface area contributed by atoms with E-state index in [9.17, 15) is 19.8 Å². The zero-order valence-corrected chi connectivity index (χ0v) is 13.6. The van der Waals surface area contributed by atoms with Crippen molar-refractivity contribution in [2.24, 2.45) is 11.8 Å². The molecule has 1 aliphatic rings. The molecular formula is C19H22O4. The summed E-state index contributed by atoms with van der Waals surface area (Å²) < 4.78 is 0. The van der Waals surface area contributed by atoms with E-state index in [1.165, 1.54) is 20.8 Å². The molecule has 0 heterocycles. The van der Waals surface area contributed by atoms with Gasteiger partial charge in [-0.2, -0.15) is 0 Å². The second-order valence-electron chi connectivity index (χ2n) is 6.33. The first-order valence-corrected chi connectivity index (χ1v) is 7.63. The van der Waals surface area contributed by atoms with Crippen molar-refractivity contribution in [3.05, 3.63) is 53.3 Å². The fourth-order valence-corrected chi connectivity index (χ4v) is 3.40. The van der Waals surface area contributed by atoms with Gasteiger partial charge in [-0.1, -0.05) is 42.5 Å². The molecule has 1 aliphatic carbocycles. The van der Waals surface area contributed by atoms with Crippen molar-refractivity contribution >= 4 is 17.6 Å². The van der Waals surface area contributed by atoms with Crippen molar-refractivity contribution in [3.8, 4) is 0 Å². The van der Waals surface area contributed by atoms with Crippen LogP contribution in [0.5, 0.6) is 0 Å². The van der Waals surface area contributed by atoms with Crippen molar-refractivity contribution < 1.29 is 19.8 Å². The van der Waals surface area contributed by atoms with Gasteiger partial charge in [0.15, 0.2) is 5.78 Å². The van der Waals surface area contributed by atoms with Crippen molar-refractivity contribution in [3.63, 3.8) is 0 Å². The normalized spacial score (nSPS) is 28.2. The highest BCUT2D eigenvalue weighted by Crippen LogP contribution is 2.42. The van der Waals surface area contributed by atoms with E-state index in [4.69, 9.17) is 0 Å². The number of aliphatic hydroxyl groups excluding tert-OH is 1. The molecule has 0 radical (unpaired) electrons.